The number of thioether (sulfide) groups is 1. The largest absolute Gasteiger partial charge is 0.341 e. The Kier molecular flexibility index (Phi) is 5.53. The summed E-state index contributed by atoms with van der Waals surface area (Å²) in [6.07, 6.45) is 5.07. The first-order valence-corrected chi connectivity index (χ1v) is 10.2. The van der Waals surface area contributed by atoms with E-state index in [0.717, 1.165) is 42.3 Å². The molecule has 138 valence electrons. The predicted octanol–water partition coefficient (Wildman–Crippen LogP) is 4.11. The van der Waals surface area contributed by atoms with Gasteiger partial charge in [0.1, 0.15) is 11.6 Å². The number of carbonyl (C=O) groups excluding carboxylic acids is 1. The van der Waals surface area contributed by atoms with Crippen molar-refractivity contribution in [2.75, 3.05) is 13.1 Å². The minimum absolute atomic E-state index is 0.161. The lowest BCUT2D eigenvalue weighted by Crippen LogP contribution is -2.38. The van der Waals surface area contributed by atoms with Gasteiger partial charge in [-0.05, 0) is 37.0 Å². The molecule has 4 rings (SSSR count). The number of nitrogens with zero attached hydrogens (tertiary/aromatic N) is 4. The number of rotatable bonds is 5. The summed E-state index contributed by atoms with van der Waals surface area (Å²) in [7, 11) is 0. The standard InChI is InChI=1S/C21H22N4OS/c26-20(24-14-8-3-9-15-24)19(17-10-4-1-5-11-17)27-21-23-22-16-25(21)18-12-6-2-7-13-18/h1-2,4-7,10-13,16,19H,3,8-9,14-15H2/t19-/m0/s1. The maximum absolute atomic E-state index is 13.3. The number of aromatic nitrogens is 3. The molecule has 0 saturated carbocycles. The number of hydrogen-bond donors (Lipinski definition) is 0. The van der Waals surface area contributed by atoms with Crippen molar-refractivity contribution in [2.45, 2.75) is 29.7 Å². The second-order valence-electron chi connectivity index (χ2n) is 6.61. The highest BCUT2D eigenvalue weighted by Crippen LogP contribution is 2.37. The summed E-state index contributed by atoms with van der Waals surface area (Å²) in [5.41, 5.74) is 1.99. The van der Waals surface area contributed by atoms with Crippen molar-refractivity contribution in [3.8, 4) is 5.69 Å². The number of hydrogen-bond acceptors (Lipinski definition) is 4. The van der Waals surface area contributed by atoms with Crippen LogP contribution in [0.4, 0.5) is 0 Å². The molecule has 3 aromatic rings. The SMILES string of the molecule is O=C([C@@H](Sc1nncn1-c1ccccc1)c1ccccc1)N1CCCCC1. The van der Waals surface area contributed by atoms with E-state index in [1.165, 1.54) is 18.2 Å². The second kappa shape index (κ2) is 8.39. The van der Waals surface area contributed by atoms with Crippen LogP contribution >= 0.6 is 11.8 Å². The molecule has 1 amide bonds. The average molecular weight is 379 g/mol. The lowest BCUT2D eigenvalue weighted by molar-refractivity contribution is -0.131. The van der Waals surface area contributed by atoms with Gasteiger partial charge in [0, 0.05) is 18.8 Å². The van der Waals surface area contributed by atoms with Crippen LogP contribution in [-0.2, 0) is 4.79 Å². The predicted molar refractivity (Wildman–Crippen MR) is 107 cm³/mol. The molecule has 5 nitrogen and oxygen atoms in total. The molecule has 2 aromatic carbocycles. The molecule has 0 radical (unpaired) electrons. The second-order valence-corrected chi connectivity index (χ2v) is 7.69. The summed E-state index contributed by atoms with van der Waals surface area (Å²) < 4.78 is 1.93. The highest BCUT2D eigenvalue weighted by atomic mass is 32.2. The summed E-state index contributed by atoms with van der Waals surface area (Å²) in [6.45, 7) is 1.68. The van der Waals surface area contributed by atoms with E-state index in [2.05, 4.69) is 10.2 Å². The van der Waals surface area contributed by atoms with Crippen LogP contribution in [0.25, 0.3) is 5.69 Å². The minimum Gasteiger partial charge on any atom is -0.341 e. The van der Waals surface area contributed by atoms with E-state index in [9.17, 15) is 4.79 Å². The van der Waals surface area contributed by atoms with Gasteiger partial charge in [-0.25, -0.2) is 0 Å². The van der Waals surface area contributed by atoms with Gasteiger partial charge in [-0.2, -0.15) is 0 Å². The first-order chi connectivity index (χ1) is 13.3. The molecule has 0 aliphatic carbocycles. The lowest BCUT2D eigenvalue weighted by Gasteiger charge is -2.30. The molecule has 1 fully saturated rings. The monoisotopic (exact) mass is 378 g/mol. The van der Waals surface area contributed by atoms with Gasteiger partial charge in [-0.1, -0.05) is 60.3 Å². The smallest absolute Gasteiger partial charge is 0.240 e. The summed E-state index contributed by atoms with van der Waals surface area (Å²) in [6, 6.07) is 19.9. The molecule has 0 N–H and O–H groups in total. The van der Waals surface area contributed by atoms with Crippen LogP contribution < -0.4 is 0 Å². The van der Waals surface area contributed by atoms with Crippen molar-refractivity contribution in [1.82, 2.24) is 19.7 Å². The van der Waals surface area contributed by atoms with E-state index in [1.54, 1.807) is 6.33 Å². The van der Waals surface area contributed by atoms with E-state index >= 15 is 0 Å². The van der Waals surface area contributed by atoms with Crippen LogP contribution in [0.5, 0.6) is 0 Å². The Hall–Kier alpha value is -2.60. The van der Waals surface area contributed by atoms with Gasteiger partial charge < -0.3 is 4.90 Å². The molecule has 1 aromatic heterocycles. The topological polar surface area (TPSA) is 51.0 Å². The number of amides is 1. The number of piperidine rings is 1. The molecule has 2 heterocycles. The Morgan fingerprint density at radius 1 is 0.926 bits per heavy atom. The van der Waals surface area contributed by atoms with E-state index in [1.807, 2.05) is 70.1 Å². The molecule has 1 saturated heterocycles. The Labute approximate surface area is 163 Å². The molecule has 1 aliphatic heterocycles. The first kappa shape index (κ1) is 17.8. The van der Waals surface area contributed by atoms with Gasteiger partial charge in [-0.15, -0.1) is 10.2 Å². The normalized spacial score (nSPS) is 15.5. The Balaban J connectivity index is 1.64. The van der Waals surface area contributed by atoms with E-state index in [0.29, 0.717) is 0 Å². The molecule has 6 heteroatoms. The molecule has 1 atom stereocenters. The number of likely N-dealkylation sites (tertiary alicyclic amines) is 1. The molecule has 27 heavy (non-hydrogen) atoms. The zero-order valence-corrected chi connectivity index (χ0v) is 15.9. The quantitative estimate of drug-likeness (QED) is 0.627. The number of benzene rings is 2. The summed E-state index contributed by atoms with van der Waals surface area (Å²) in [5, 5.41) is 8.77. The van der Waals surface area contributed by atoms with Gasteiger partial charge in [0.25, 0.3) is 0 Å². The van der Waals surface area contributed by atoms with Crippen molar-refractivity contribution in [1.29, 1.82) is 0 Å². The van der Waals surface area contributed by atoms with Crippen molar-refractivity contribution >= 4 is 17.7 Å². The zero-order valence-electron chi connectivity index (χ0n) is 15.1. The Morgan fingerprint density at radius 2 is 1.59 bits per heavy atom. The first-order valence-electron chi connectivity index (χ1n) is 9.29. The van der Waals surface area contributed by atoms with Gasteiger partial charge in [0.15, 0.2) is 5.16 Å². The highest BCUT2D eigenvalue weighted by molar-refractivity contribution is 8.00. The fourth-order valence-electron chi connectivity index (χ4n) is 3.34. The van der Waals surface area contributed by atoms with Gasteiger partial charge in [0.2, 0.25) is 5.91 Å². The lowest BCUT2D eigenvalue weighted by atomic mass is 10.1. The maximum atomic E-state index is 13.3. The summed E-state index contributed by atoms with van der Waals surface area (Å²) in [5.74, 6) is 0.161. The third-order valence-electron chi connectivity index (χ3n) is 4.77. The van der Waals surface area contributed by atoms with Crippen molar-refractivity contribution in [3.05, 3.63) is 72.6 Å². The number of carbonyl (C=O) groups is 1. The summed E-state index contributed by atoms with van der Waals surface area (Å²) >= 11 is 1.47. The van der Waals surface area contributed by atoms with E-state index in [-0.39, 0.29) is 11.2 Å². The molecule has 0 bridgehead atoms. The average Bonchev–Trinajstić information content (AvgIpc) is 3.22. The van der Waals surface area contributed by atoms with Crippen LogP contribution in [0.2, 0.25) is 0 Å². The van der Waals surface area contributed by atoms with Gasteiger partial charge in [0.05, 0.1) is 0 Å². The highest BCUT2D eigenvalue weighted by Gasteiger charge is 2.29. The molecular formula is C21H22N4OS. The van der Waals surface area contributed by atoms with Gasteiger partial charge in [-0.3, -0.25) is 9.36 Å². The van der Waals surface area contributed by atoms with Crippen LogP contribution in [0, 0.1) is 0 Å². The molecule has 0 unspecified atom stereocenters. The minimum atomic E-state index is -0.323. The maximum Gasteiger partial charge on any atom is 0.240 e. The fourth-order valence-corrected chi connectivity index (χ4v) is 4.46. The third kappa shape index (κ3) is 4.06. The van der Waals surface area contributed by atoms with Crippen LogP contribution in [0.3, 0.4) is 0 Å². The van der Waals surface area contributed by atoms with Crippen molar-refractivity contribution in [2.24, 2.45) is 0 Å². The van der Waals surface area contributed by atoms with Crippen molar-refractivity contribution in [3.63, 3.8) is 0 Å². The van der Waals surface area contributed by atoms with Crippen LogP contribution in [0.15, 0.2) is 72.1 Å². The van der Waals surface area contributed by atoms with Crippen molar-refractivity contribution < 1.29 is 4.79 Å². The third-order valence-corrected chi connectivity index (χ3v) is 5.97. The zero-order chi connectivity index (χ0) is 18.5. The molecule has 1 aliphatic rings. The van der Waals surface area contributed by atoms with Gasteiger partial charge >= 0.3 is 0 Å². The fraction of sp³-hybridized carbons (Fsp3) is 0.286. The van der Waals surface area contributed by atoms with Crippen LogP contribution in [0.1, 0.15) is 30.1 Å². The summed E-state index contributed by atoms with van der Waals surface area (Å²) in [4.78, 5) is 15.3. The Morgan fingerprint density at radius 3 is 2.30 bits per heavy atom. The number of para-hydroxylation sites is 1. The van der Waals surface area contributed by atoms with E-state index < -0.39 is 0 Å². The molecular weight excluding hydrogens is 356 g/mol. The Bertz CT molecular complexity index is 875. The van der Waals surface area contributed by atoms with E-state index in [4.69, 9.17) is 0 Å². The molecule has 0 spiro atoms. The van der Waals surface area contributed by atoms with Crippen LogP contribution in [-0.4, -0.2) is 38.7 Å².